The molecule has 1 heterocycles. The first-order valence-corrected chi connectivity index (χ1v) is 5.28. The van der Waals surface area contributed by atoms with Gasteiger partial charge >= 0.3 is 0 Å². The first kappa shape index (κ1) is 11.8. The quantitative estimate of drug-likeness (QED) is 0.792. The van der Waals surface area contributed by atoms with E-state index in [9.17, 15) is 4.79 Å². The molecule has 1 radical (unpaired) electrons. The number of aromatic nitrogens is 2. The van der Waals surface area contributed by atoms with Gasteiger partial charge in [-0.25, -0.2) is 4.98 Å². The van der Waals surface area contributed by atoms with E-state index in [1.54, 1.807) is 0 Å². The highest BCUT2D eigenvalue weighted by Crippen LogP contribution is 1.99. The minimum atomic E-state index is 0.117. The molecule has 0 atom stereocenters. The van der Waals surface area contributed by atoms with Gasteiger partial charge in [-0.05, 0) is 27.2 Å². The zero-order valence-electron chi connectivity index (χ0n) is 9.58. The maximum absolute atomic E-state index is 11.3. The highest BCUT2D eigenvalue weighted by Gasteiger charge is 2.03. The number of rotatable bonds is 5. The third-order valence-corrected chi connectivity index (χ3v) is 2.11. The molecule has 0 aliphatic rings. The normalized spacial score (nSPS) is 10.7. The van der Waals surface area contributed by atoms with Gasteiger partial charge < -0.3 is 9.88 Å². The molecule has 4 nitrogen and oxygen atoms in total. The summed E-state index contributed by atoms with van der Waals surface area (Å²) in [6, 6.07) is 0.223. The standard InChI is InChI=1S/C11H18N3O/c1-9(2)13-11(15)5-4-7-14-8-6-12-10(14)3/h8-9H,4-5,7H2,1-3H3,(H,13,15). The molecule has 0 unspecified atom stereocenters. The summed E-state index contributed by atoms with van der Waals surface area (Å²) in [5, 5.41) is 2.87. The molecule has 15 heavy (non-hydrogen) atoms. The van der Waals surface area contributed by atoms with Crippen LogP contribution in [0.3, 0.4) is 0 Å². The van der Waals surface area contributed by atoms with Crippen molar-refractivity contribution in [2.24, 2.45) is 0 Å². The fraction of sp³-hybridized carbons (Fsp3) is 0.636. The molecular formula is C11H18N3O. The van der Waals surface area contributed by atoms with E-state index in [1.165, 1.54) is 0 Å². The molecule has 0 bridgehead atoms. The summed E-state index contributed by atoms with van der Waals surface area (Å²) in [4.78, 5) is 15.3. The Morgan fingerprint density at radius 1 is 1.67 bits per heavy atom. The number of nitrogens with one attached hydrogen (secondary N) is 1. The Hall–Kier alpha value is -1.32. The average molecular weight is 208 g/mol. The lowest BCUT2D eigenvalue weighted by Crippen LogP contribution is -2.29. The number of carbonyl (C=O) groups excluding carboxylic acids is 1. The molecular weight excluding hydrogens is 190 g/mol. The van der Waals surface area contributed by atoms with Gasteiger partial charge in [-0.3, -0.25) is 4.79 Å². The lowest BCUT2D eigenvalue weighted by molar-refractivity contribution is -0.121. The van der Waals surface area contributed by atoms with E-state index in [0.29, 0.717) is 6.42 Å². The lowest BCUT2D eigenvalue weighted by atomic mass is 10.2. The maximum Gasteiger partial charge on any atom is 0.220 e. The largest absolute Gasteiger partial charge is 0.354 e. The van der Waals surface area contributed by atoms with Crippen LogP contribution in [0.25, 0.3) is 0 Å². The second kappa shape index (κ2) is 5.53. The van der Waals surface area contributed by atoms with Crippen molar-refractivity contribution in [1.29, 1.82) is 0 Å². The van der Waals surface area contributed by atoms with E-state index < -0.39 is 0 Å². The smallest absolute Gasteiger partial charge is 0.220 e. The molecule has 0 aliphatic carbocycles. The molecule has 1 rings (SSSR count). The summed E-state index contributed by atoms with van der Waals surface area (Å²) in [5.41, 5.74) is 0. The Balaban J connectivity index is 2.22. The van der Waals surface area contributed by atoms with Crippen LogP contribution in [0.4, 0.5) is 0 Å². The summed E-state index contributed by atoms with van der Waals surface area (Å²) in [6.07, 6.45) is 6.00. The van der Waals surface area contributed by atoms with Crippen LogP contribution in [0.15, 0.2) is 6.20 Å². The van der Waals surface area contributed by atoms with Crippen molar-refractivity contribution < 1.29 is 4.79 Å². The third kappa shape index (κ3) is 4.14. The number of imidazole rings is 1. The Kier molecular flexibility index (Phi) is 4.34. The van der Waals surface area contributed by atoms with Crippen LogP contribution in [0, 0.1) is 13.1 Å². The summed E-state index contributed by atoms with van der Waals surface area (Å²) in [7, 11) is 0. The maximum atomic E-state index is 11.3. The van der Waals surface area contributed by atoms with Gasteiger partial charge in [0.1, 0.15) is 12.0 Å². The van der Waals surface area contributed by atoms with Gasteiger partial charge in [0.05, 0.1) is 0 Å². The van der Waals surface area contributed by atoms with E-state index in [-0.39, 0.29) is 11.9 Å². The number of aryl methyl sites for hydroxylation is 2. The molecule has 1 aromatic heterocycles. The van der Waals surface area contributed by atoms with Gasteiger partial charge in [0, 0.05) is 25.2 Å². The Morgan fingerprint density at radius 2 is 2.40 bits per heavy atom. The minimum absolute atomic E-state index is 0.117. The number of carbonyl (C=O) groups is 1. The number of nitrogens with zero attached hydrogens (tertiary/aromatic N) is 2. The minimum Gasteiger partial charge on any atom is -0.354 e. The van der Waals surface area contributed by atoms with Gasteiger partial charge in [-0.2, -0.15) is 0 Å². The third-order valence-electron chi connectivity index (χ3n) is 2.11. The van der Waals surface area contributed by atoms with Crippen LogP contribution in [-0.4, -0.2) is 21.5 Å². The molecule has 0 saturated heterocycles. The van der Waals surface area contributed by atoms with Crippen LogP contribution >= 0.6 is 0 Å². The molecule has 0 aromatic carbocycles. The number of hydrogen-bond donors (Lipinski definition) is 1. The molecule has 0 fully saturated rings. The van der Waals surface area contributed by atoms with Crippen LogP contribution < -0.4 is 5.32 Å². The van der Waals surface area contributed by atoms with Crippen molar-refractivity contribution >= 4 is 5.91 Å². The van der Waals surface area contributed by atoms with Gasteiger partial charge in [0.25, 0.3) is 0 Å². The highest BCUT2D eigenvalue weighted by atomic mass is 16.1. The average Bonchev–Trinajstić information content (AvgIpc) is 2.50. The predicted octanol–water partition coefficient (Wildman–Crippen LogP) is 1.30. The second-order valence-corrected chi connectivity index (χ2v) is 3.94. The van der Waals surface area contributed by atoms with Crippen molar-refractivity contribution in [2.45, 2.75) is 46.2 Å². The molecule has 0 spiro atoms. The molecule has 1 aromatic rings. The molecule has 83 valence electrons. The SMILES string of the molecule is Cc1n[c]cn1CCCC(=O)NC(C)C. The van der Waals surface area contributed by atoms with Gasteiger partial charge in [0.2, 0.25) is 5.91 Å². The monoisotopic (exact) mass is 208 g/mol. The van der Waals surface area contributed by atoms with Crippen molar-refractivity contribution in [1.82, 2.24) is 14.9 Å². The first-order valence-electron chi connectivity index (χ1n) is 5.28. The zero-order valence-corrected chi connectivity index (χ0v) is 9.58. The fourth-order valence-corrected chi connectivity index (χ4v) is 1.38. The highest BCUT2D eigenvalue weighted by molar-refractivity contribution is 5.76. The van der Waals surface area contributed by atoms with Crippen molar-refractivity contribution in [3.8, 4) is 0 Å². The summed E-state index contributed by atoms with van der Waals surface area (Å²) >= 11 is 0. The second-order valence-electron chi connectivity index (χ2n) is 3.94. The molecule has 0 saturated carbocycles. The van der Waals surface area contributed by atoms with E-state index >= 15 is 0 Å². The summed E-state index contributed by atoms with van der Waals surface area (Å²) in [6.45, 7) is 6.69. The first-order chi connectivity index (χ1) is 7.09. The van der Waals surface area contributed by atoms with Crippen LogP contribution in [0.5, 0.6) is 0 Å². The predicted molar refractivity (Wildman–Crippen MR) is 58.3 cm³/mol. The lowest BCUT2D eigenvalue weighted by Gasteiger charge is -2.08. The Bertz CT molecular complexity index is 317. The fourth-order valence-electron chi connectivity index (χ4n) is 1.38. The zero-order chi connectivity index (χ0) is 11.3. The molecule has 1 N–H and O–H groups in total. The van der Waals surface area contributed by atoms with Crippen molar-refractivity contribution in [2.75, 3.05) is 0 Å². The molecule has 1 amide bonds. The number of hydrogen-bond acceptors (Lipinski definition) is 2. The summed E-state index contributed by atoms with van der Waals surface area (Å²) in [5.74, 6) is 1.06. The van der Waals surface area contributed by atoms with Crippen molar-refractivity contribution in [3.63, 3.8) is 0 Å². The van der Waals surface area contributed by atoms with Crippen LogP contribution in [-0.2, 0) is 11.3 Å². The van der Waals surface area contributed by atoms with Gasteiger partial charge in [0.15, 0.2) is 0 Å². The van der Waals surface area contributed by atoms with E-state index in [0.717, 1.165) is 18.8 Å². The van der Waals surface area contributed by atoms with E-state index in [1.807, 2.05) is 31.5 Å². The molecule has 0 aliphatic heterocycles. The topological polar surface area (TPSA) is 46.9 Å². The van der Waals surface area contributed by atoms with Crippen molar-refractivity contribution in [3.05, 3.63) is 18.2 Å². The van der Waals surface area contributed by atoms with E-state index in [4.69, 9.17) is 0 Å². The van der Waals surface area contributed by atoms with Crippen LogP contribution in [0.2, 0.25) is 0 Å². The Morgan fingerprint density at radius 3 is 2.93 bits per heavy atom. The number of amides is 1. The van der Waals surface area contributed by atoms with Crippen LogP contribution in [0.1, 0.15) is 32.5 Å². The van der Waals surface area contributed by atoms with E-state index in [2.05, 4.69) is 16.5 Å². The molecule has 4 heteroatoms. The Labute approximate surface area is 90.7 Å². The summed E-state index contributed by atoms with van der Waals surface area (Å²) < 4.78 is 2.00. The van der Waals surface area contributed by atoms with Gasteiger partial charge in [-0.1, -0.05) is 0 Å². The van der Waals surface area contributed by atoms with Gasteiger partial charge in [-0.15, -0.1) is 0 Å².